The van der Waals surface area contributed by atoms with Crippen LogP contribution < -0.4 is 0 Å². The number of hydrogen-bond donors (Lipinski definition) is 1. The second-order valence-corrected chi connectivity index (χ2v) is 8.77. The van der Waals surface area contributed by atoms with Gasteiger partial charge in [-0.3, -0.25) is 0 Å². The minimum Gasteiger partial charge on any atom is -0.444 e. The predicted molar refractivity (Wildman–Crippen MR) is 102 cm³/mol. The van der Waals surface area contributed by atoms with Gasteiger partial charge < -0.3 is 14.7 Å². The molecule has 1 amide bonds. The standard InChI is InChI=1S/C22H27NO3/c1-21(2,3)26-20(24)23-18-10-11-19(23)14-22(25,13-18)17-9-8-15-6-4-5-7-16(15)12-17/h4-9,12,18-19,25H,10-11,13-14H2,1-3H3. The summed E-state index contributed by atoms with van der Waals surface area (Å²) in [6.45, 7) is 5.67. The first-order valence-corrected chi connectivity index (χ1v) is 9.48. The van der Waals surface area contributed by atoms with Crippen LogP contribution in [0.2, 0.25) is 0 Å². The number of ether oxygens (including phenoxy) is 1. The molecule has 2 aliphatic rings. The van der Waals surface area contributed by atoms with Gasteiger partial charge in [0.25, 0.3) is 0 Å². The largest absolute Gasteiger partial charge is 0.444 e. The van der Waals surface area contributed by atoms with Crippen molar-refractivity contribution in [2.45, 2.75) is 69.7 Å². The molecule has 4 nitrogen and oxygen atoms in total. The molecule has 138 valence electrons. The van der Waals surface area contributed by atoms with Gasteiger partial charge in [0.1, 0.15) is 5.60 Å². The third-order valence-electron chi connectivity index (χ3n) is 5.66. The van der Waals surface area contributed by atoms with E-state index in [0.29, 0.717) is 12.8 Å². The molecule has 2 aromatic carbocycles. The first kappa shape index (κ1) is 17.3. The summed E-state index contributed by atoms with van der Waals surface area (Å²) in [4.78, 5) is 14.5. The first-order valence-electron chi connectivity index (χ1n) is 9.48. The highest BCUT2D eigenvalue weighted by atomic mass is 16.6. The molecular formula is C22H27NO3. The average Bonchev–Trinajstić information content (AvgIpc) is 2.85. The number of aliphatic hydroxyl groups is 1. The molecule has 0 spiro atoms. The Morgan fingerprint density at radius 1 is 1.08 bits per heavy atom. The number of fused-ring (bicyclic) bond motifs is 3. The van der Waals surface area contributed by atoms with Crippen LogP contribution in [0.4, 0.5) is 4.79 Å². The van der Waals surface area contributed by atoms with Crippen molar-refractivity contribution in [1.82, 2.24) is 4.90 Å². The number of rotatable bonds is 1. The molecule has 1 N–H and O–H groups in total. The molecule has 2 saturated heterocycles. The van der Waals surface area contributed by atoms with Crippen molar-refractivity contribution in [3.63, 3.8) is 0 Å². The molecule has 2 fully saturated rings. The number of benzene rings is 2. The summed E-state index contributed by atoms with van der Waals surface area (Å²) in [5.74, 6) is 0. The lowest BCUT2D eigenvalue weighted by molar-refractivity contribution is -0.0623. The normalized spacial score (nSPS) is 28.4. The Balaban J connectivity index is 1.59. The van der Waals surface area contributed by atoms with E-state index in [-0.39, 0.29) is 18.2 Å². The van der Waals surface area contributed by atoms with Gasteiger partial charge in [-0.1, -0.05) is 36.4 Å². The van der Waals surface area contributed by atoms with E-state index in [1.165, 1.54) is 5.39 Å². The van der Waals surface area contributed by atoms with Gasteiger partial charge in [-0.2, -0.15) is 0 Å². The highest BCUT2D eigenvalue weighted by Gasteiger charge is 2.51. The smallest absolute Gasteiger partial charge is 0.410 e. The van der Waals surface area contributed by atoms with Crippen molar-refractivity contribution in [1.29, 1.82) is 0 Å². The van der Waals surface area contributed by atoms with Crippen LogP contribution in [0.15, 0.2) is 42.5 Å². The van der Waals surface area contributed by atoms with E-state index in [4.69, 9.17) is 4.74 Å². The molecule has 26 heavy (non-hydrogen) atoms. The van der Waals surface area contributed by atoms with Crippen molar-refractivity contribution in [2.24, 2.45) is 0 Å². The van der Waals surface area contributed by atoms with E-state index in [0.717, 1.165) is 23.8 Å². The van der Waals surface area contributed by atoms with Crippen molar-refractivity contribution in [3.05, 3.63) is 48.0 Å². The fourth-order valence-electron chi connectivity index (χ4n) is 4.55. The van der Waals surface area contributed by atoms with Gasteiger partial charge in [0, 0.05) is 24.9 Å². The van der Waals surface area contributed by atoms with E-state index >= 15 is 0 Å². The number of piperidine rings is 1. The minimum absolute atomic E-state index is 0.0417. The fourth-order valence-corrected chi connectivity index (χ4v) is 4.55. The molecule has 0 aromatic heterocycles. The quantitative estimate of drug-likeness (QED) is 0.816. The van der Waals surface area contributed by atoms with Gasteiger partial charge in [-0.05, 0) is 56.0 Å². The van der Waals surface area contributed by atoms with Gasteiger partial charge in [0.2, 0.25) is 0 Å². The molecule has 0 aliphatic carbocycles. The lowest BCUT2D eigenvalue weighted by Gasteiger charge is -2.44. The maximum atomic E-state index is 12.6. The van der Waals surface area contributed by atoms with E-state index in [1.54, 1.807) is 0 Å². The molecule has 0 saturated carbocycles. The van der Waals surface area contributed by atoms with E-state index in [9.17, 15) is 9.90 Å². The summed E-state index contributed by atoms with van der Waals surface area (Å²) in [7, 11) is 0. The number of carbonyl (C=O) groups is 1. The van der Waals surface area contributed by atoms with Crippen LogP contribution in [0.1, 0.15) is 52.0 Å². The molecule has 2 bridgehead atoms. The molecule has 4 heteroatoms. The van der Waals surface area contributed by atoms with Crippen LogP contribution in [0.3, 0.4) is 0 Å². The Bertz CT molecular complexity index is 825. The molecule has 2 aliphatic heterocycles. The molecular weight excluding hydrogens is 326 g/mol. The van der Waals surface area contributed by atoms with Gasteiger partial charge in [0.15, 0.2) is 0 Å². The summed E-state index contributed by atoms with van der Waals surface area (Å²) in [5, 5.41) is 13.8. The Labute approximate surface area is 154 Å². The topological polar surface area (TPSA) is 49.8 Å². The van der Waals surface area contributed by atoms with Crippen molar-refractivity contribution < 1.29 is 14.6 Å². The Hall–Kier alpha value is -2.07. The summed E-state index contributed by atoms with van der Waals surface area (Å²) < 4.78 is 5.59. The van der Waals surface area contributed by atoms with Gasteiger partial charge in [-0.15, -0.1) is 0 Å². The zero-order chi connectivity index (χ0) is 18.5. The summed E-state index contributed by atoms with van der Waals surface area (Å²) in [6.07, 6.45) is 2.76. The maximum Gasteiger partial charge on any atom is 0.410 e. The minimum atomic E-state index is -0.881. The molecule has 2 atom stereocenters. The highest BCUT2D eigenvalue weighted by Crippen LogP contribution is 2.46. The van der Waals surface area contributed by atoms with E-state index in [1.807, 2.05) is 43.9 Å². The Morgan fingerprint density at radius 3 is 2.31 bits per heavy atom. The van der Waals surface area contributed by atoms with Crippen LogP contribution in [0, 0.1) is 0 Å². The van der Waals surface area contributed by atoms with E-state index < -0.39 is 11.2 Å². The van der Waals surface area contributed by atoms with Crippen LogP contribution in [0.5, 0.6) is 0 Å². The number of nitrogens with zero attached hydrogens (tertiary/aromatic N) is 1. The summed E-state index contributed by atoms with van der Waals surface area (Å²) in [5.41, 5.74) is -0.422. The zero-order valence-electron chi connectivity index (χ0n) is 15.7. The summed E-state index contributed by atoms with van der Waals surface area (Å²) in [6, 6.07) is 14.5. The molecule has 0 radical (unpaired) electrons. The Morgan fingerprint density at radius 2 is 1.69 bits per heavy atom. The third-order valence-corrected chi connectivity index (χ3v) is 5.66. The van der Waals surface area contributed by atoms with Crippen LogP contribution >= 0.6 is 0 Å². The van der Waals surface area contributed by atoms with Crippen molar-refractivity contribution >= 4 is 16.9 Å². The number of hydrogen-bond acceptors (Lipinski definition) is 3. The van der Waals surface area contributed by atoms with Gasteiger partial charge in [-0.25, -0.2) is 4.79 Å². The van der Waals surface area contributed by atoms with E-state index in [2.05, 4.69) is 24.3 Å². The molecule has 2 aromatic rings. The van der Waals surface area contributed by atoms with Crippen LogP contribution in [-0.4, -0.2) is 33.8 Å². The average molecular weight is 353 g/mol. The van der Waals surface area contributed by atoms with Crippen molar-refractivity contribution in [2.75, 3.05) is 0 Å². The predicted octanol–water partition coefficient (Wildman–Crippen LogP) is 4.59. The SMILES string of the molecule is CC(C)(C)OC(=O)N1C2CCC1CC(O)(c1ccc3ccccc3c1)C2. The third kappa shape index (κ3) is 3.07. The second kappa shape index (κ2) is 5.98. The van der Waals surface area contributed by atoms with Gasteiger partial charge in [0.05, 0.1) is 5.60 Å². The van der Waals surface area contributed by atoms with Crippen LogP contribution in [0.25, 0.3) is 10.8 Å². The molecule has 2 unspecified atom stereocenters. The Kier molecular flexibility index (Phi) is 3.99. The lowest BCUT2D eigenvalue weighted by atomic mass is 9.80. The molecule has 4 rings (SSSR count). The monoisotopic (exact) mass is 353 g/mol. The first-order chi connectivity index (χ1) is 12.3. The number of amides is 1. The molecule has 2 heterocycles. The maximum absolute atomic E-state index is 12.6. The van der Waals surface area contributed by atoms with Crippen molar-refractivity contribution in [3.8, 4) is 0 Å². The second-order valence-electron chi connectivity index (χ2n) is 8.77. The highest BCUT2D eigenvalue weighted by molar-refractivity contribution is 5.83. The fraction of sp³-hybridized carbons (Fsp3) is 0.500. The van der Waals surface area contributed by atoms with Gasteiger partial charge >= 0.3 is 6.09 Å². The zero-order valence-corrected chi connectivity index (χ0v) is 15.7. The lowest BCUT2D eigenvalue weighted by Crippen LogP contribution is -2.53. The number of carbonyl (C=O) groups excluding carboxylic acids is 1. The van der Waals surface area contributed by atoms with Crippen LogP contribution in [-0.2, 0) is 10.3 Å². The summed E-state index contributed by atoms with van der Waals surface area (Å²) >= 11 is 0.